The van der Waals surface area contributed by atoms with E-state index in [9.17, 15) is 4.39 Å². The zero-order valence-electron chi connectivity index (χ0n) is 8.03. The van der Waals surface area contributed by atoms with E-state index in [1.54, 1.807) is 6.07 Å². The average molecular weight is 212 g/mol. The fourth-order valence-electron chi connectivity index (χ4n) is 1.20. The van der Waals surface area contributed by atoms with Crippen LogP contribution in [0.25, 0.3) is 0 Å². The van der Waals surface area contributed by atoms with Gasteiger partial charge in [-0.3, -0.25) is 0 Å². The van der Waals surface area contributed by atoms with Gasteiger partial charge in [0.25, 0.3) is 0 Å². The highest BCUT2D eigenvalue weighted by Gasteiger charge is 2.04. The van der Waals surface area contributed by atoms with Crippen molar-refractivity contribution in [3.63, 3.8) is 0 Å². The molecule has 0 aliphatic carbocycles. The van der Waals surface area contributed by atoms with E-state index in [2.05, 4.69) is 0 Å². The molecule has 2 nitrogen and oxygen atoms in total. The molecule has 76 valence electrons. The zero-order chi connectivity index (χ0) is 10.6. The largest absolute Gasteiger partial charge is 0.376 e. The van der Waals surface area contributed by atoms with Gasteiger partial charge >= 0.3 is 0 Å². The first-order valence-corrected chi connectivity index (χ1v) is 4.83. The van der Waals surface area contributed by atoms with Crippen LogP contribution in [0, 0.1) is 5.82 Å². The summed E-state index contributed by atoms with van der Waals surface area (Å²) in [5, 5.41) is 0.344. The van der Waals surface area contributed by atoms with Gasteiger partial charge in [0, 0.05) is 13.1 Å². The van der Waals surface area contributed by atoms with Crippen LogP contribution in [-0.2, 0) is 6.54 Å². The van der Waals surface area contributed by atoms with E-state index in [1.807, 2.05) is 17.9 Å². The number of thiocarbonyl (C=S) groups is 1. The van der Waals surface area contributed by atoms with Gasteiger partial charge in [0.15, 0.2) is 5.11 Å². The second kappa shape index (κ2) is 4.91. The summed E-state index contributed by atoms with van der Waals surface area (Å²) < 4.78 is 12.8. The predicted octanol–water partition coefficient (Wildman–Crippen LogP) is 1.89. The van der Waals surface area contributed by atoms with Crippen LogP contribution in [0.4, 0.5) is 4.39 Å². The minimum atomic E-state index is -0.235. The summed E-state index contributed by atoms with van der Waals surface area (Å²) in [6, 6.07) is 6.43. The van der Waals surface area contributed by atoms with Gasteiger partial charge in [-0.1, -0.05) is 12.1 Å². The van der Waals surface area contributed by atoms with Gasteiger partial charge in [0.05, 0.1) is 0 Å². The Morgan fingerprint density at radius 2 is 2.29 bits per heavy atom. The number of rotatable bonds is 3. The van der Waals surface area contributed by atoms with E-state index < -0.39 is 0 Å². The van der Waals surface area contributed by atoms with Gasteiger partial charge in [-0.05, 0) is 36.8 Å². The van der Waals surface area contributed by atoms with Crippen molar-refractivity contribution in [3.8, 4) is 0 Å². The van der Waals surface area contributed by atoms with Crippen LogP contribution in [0.3, 0.4) is 0 Å². The van der Waals surface area contributed by atoms with Crippen LogP contribution in [-0.4, -0.2) is 16.6 Å². The minimum Gasteiger partial charge on any atom is -0.376 e. The van der Waals surface area contributed by atoms with E-state index in [1.165, 1.54) is 12.1 Å². The van der Waals surface area contributed by atoms with Gasteiger partial charge in [-0.25, -0.2) is 4.39 Å². The molecule has 0 fully saturated rings. The lowest BCUT2D eigenvalue weighted by atomic mass is 10.2. The third kappa shape index (κ3) is 2.96. The van der Waals surface area contributed by atoms with E-state index >= 15 is 0 Å². The summed E-state index contributed by atoms with van der Waals surface area (Å²) in [4.78, 5) is 1.81. The Labute approximate surface area is 88.5 Å². The van der Waals surface area contributed by atoms with E-state index in [-0.39, 0.29) is 5.82 Å². The van der Waals surface area contributed by atoms with Crippen LogP contribution in [0.15, 0.2) is 24.3 Å². The molecule has 1 rings (SSSR count). The molecule has 14 heavy (non-hydrogen) atoms. The SMILES string of the molecule is CCN(Cc1cccc(F)c1)C(N)=S. The summed E-state index contributed by atoms with van der Waals surface area (Å²) in [6.45, 7) is 3.24. The van der Waals surface area contributed by atoms with Gasteiger partial charge in [0.2, 0.25) is 0 Å². The molecule has 2 N–H and O–H groups in total. The normalized spacial score (nSPS) is 9.86. The van der Waals surface area contributed by atoms with Crippen LogP contribution in [0.5, 0.6) is 0 Å². The molecule has 0 aliphatic heterocycles. The first-order chi connectivity index (χ1) is 6.63. The molecule has 0 aromatic heterocycles. The van der Waals surface area contributed by atoms with Crippen molar-refractivity contribution in [2.45, 2.75) is 13.5 Å². The Hall–Kier alpha value is -1.16. The fraction of sp³-hybridized carbons (Fsp3) is 0.300. The maximum absolute atomic E-state index is 12.8. The average Bonchev–Trinajstić information content (AvgIpc) is 2.14. The second-order valence-electron chi connectivity index (χ2n) is 2.98. The molecule has 0 aliphatic rings. The van der Waals surface area contributed by atoms with Crippen molar-refractivity contribution in [1.82, 2.24) is 4.90 Å². The molecule has 0 heterocycles. The number of benzene rings is 1. The first kappa shape index (κ1) is 10.9. The fourth-order valence-corrected chi connectivity index (χ4v) is 1.39. The number of nitrogens with zero attached hydrogens (tertiary/aromatic N) is 1. The number of hydrogen-bond acceptors (Lipinski definition) is 1. The zero-order valence-corrected chi connectivity index (χ0v) is 8.85. The van der Waals surface area contributed by atoms with Crippen LogP contribution < -0.4 is 5.73 Å². The third-order valence-electron chi connectivity index (χ3n) is 1.96. The van der Waals surface area contributed by atoms with Crippen molar-refractivity contribution in [3.05, 3.63) is 35.6 Å². The molecule has 0 saturated carbocycles. The molecule has 0 saturated heterocycles. The quantitative estimate of drug-likeness (QED) is 0.776. The van der Waals surface area contributed by atoms with Crippen molar-refractivity contribution in [1.29, 1.82) is 0 Å². The third-order valence-corrected chi connectivity index (χ3v) is 2.21. The summed E-state index contributed by atoms with van der Waals surface area (Å²) >= 11 is 4.86. The maximum Gasteiger partial charge on any atom is 0.166 e. The molecule has 0 amide bonds. The highest BCUT2D eigenvalue weighted by molar-refractivity contribution is 7.80. The smallest absolute Gasteiger partial charge is 0.166 e. The predicted molar refractivity (Wildman–Crippen MR) is 59.3 cm³/mol. The monoisotopic (exact) mass is 212 g/mol. The van der Waals surface area contributed by atoms with Crippen molar-refractivity contribution in [2.75, 3.05) is 6.54 Å². The highest BCUT2D eigenvalue weighted by Crippen LogP contribution is 2.06. The Bertz CT molecular complexity index is 328. The molecule has 4 heteroatoms. The van der Waals surface area contributed by atoms with Crippen molar-refractivity contribution < 1.29 is 4.39 Å². The Balaban J connectivity index is 2.72. The minimum absolute atomic E-state index is 0.235. The molecule has 1 aromatic rings. The highest BCUT2D eigenvalue weighted by atomic mass is 32.1. The summed E-state index contributed by atoms with van der Waals surface area (Å²) in [5.41, 5.74) is 6.37. The first-order valence-electron chi connectivity index (χ1n) is 4.42. The van der Waals surface area contributed by atoms with Gasteiger partial charge in [-0.15, -0.1) is 0 Å². The van der Waals surface area contributed by atoms with Gasteiger partial charge < -0.3 is 10.6 Å². The maximum atomic E-state index is 12.8. The Morgan fingerprint density at radius 1 is 1.57 bits per heavy atom. The molecular formula is C10H13FN2S. The van der Waals surface area contributed by atoms with E-state index in [0.29, 0.717) is 11.7 Å². The number of nitrogens with two attached hydrogens (primary N) is 1. The molecule has 0 spiro atoms. The molecule has 1 aromatic carbocycles. The molecular weight excluding hydrogens is 199 g/mol. The van der Waals surface area contributed by atoms with Gasteiger partial charge in [0.1, 0.15) is 5.82 Å². The lowest BCUT2D eigenvalue weighted by Crippen LogP contribution is -2.34. The lowest BCUT2D eigenvalue weighted by molar-refractivity contribution is 0.437. The van der Waals surface area contributed by atoms with Crippen LogP contribution in [0.1, 0.15) is 12.5 Å². The van der Waals surface area contributed by atoms with E-state index in [0.717, 1.165) is 12.1 Å². The second-order valence-corrected chi connectivity index (χ2v) is 3.40. The Morgan fingerprint density at radius 3 is 2.79 bits per heavy atom. The molecule has 0 unspecified atom stereocenters. The summed E-state index contributed by atoms with van der Waals surface area (Å²) in [5.74, 6) is -0.235. The van der Waals surface area contributed by atoms with E-state index in [4.69, 9.17) is 18.0 Å². The number of halogens is 1. The van der Waals surface area contributed by atoms with Crippen molar-refractivity contribution in [2.24, 2.45) is 5.73 Å². The van der Waals surface area contributed by atoms with Gasteiger partial charge in [-0.2, -0.15) is 0 Å². The topological polar surface area (TPSA) is 29.3 Å². The van der Waals surface area contributed by atoms with Crippen LogP contribution >= 0.6 is 12.2 Å². The standard InChI is InChI=1S/C10H13FN2S/c1-2-13(10(12)14)7-8-4-3-5-9(11)6-8/h3-6H,2,7H2,1H3,(H2,12,14). The van der Waals surface area contributed by atoms with Crippen LogP contribution in [0.2, 0.25) is 0 Å². The Kier molecular flexibility index (Phi) is 3.83. The summed E-state index contributed by atoms with van der Waals surface area (Å²) in [6.07, 6.45) is 0. The lowest BCUT2D eigenvalue weighted by Gasteiger charge is -2.20. The number of hydrogen-bond donors (Lipinski definition) is 1. The molecule has 0 bridgehead atoms. The van der Waals surface area contributed by atoms with Crippen molar-refractivity contribution >= 4 is 17.3 Å². The molecule has 0 radical (unpaired) electrons. The molecule has 0 atom stereocenters. The summed E-state index contributed by atoms with van der Waals surface area (Å²) in [7, 11) is 0.